The van der Waals surface area contributed by atoms with Gasteiger partial charge in [0.15, 0.2) is 0 Å². The standard InChI is InChI=1S/C10H14N2O2/c1-3-7(10(11)13)9-8(14-2)5-4-6-12-9/h4-7H,3H2,1-2H3,(H2,11,13). The minimum absolute atomic E-state index is 0.369. The van der Waals surface area contributed by atoms with Crippen molar-refractivity contribution in [3.05, 3.63) is 24.0 Å². The fraction of sp³-hybridized carbons (Fsp3) is 0.400. The van der Waals surface area contributed by atoms with Gasteiger partial charge in [0.25, 0.3) is 0 Å². The molecule has 0 aliphatic heterocycles. The van der Waals surface area contributed by atoms with Crippen LogP contribution in [0.4, 0.5) is 0 Å². The van der Waals surface area contributed by atoms with Gasteiger partial charge >= 0.3 is 0 Å². The van der Waals surface area contributed by atoms with Gasteiger partial charge in [-0.25, -0.2) is 0 Å². The Morgan fingerprint density at radius 1 is 1.71 bits per heavy atom. The lowest BCUT2D eigenvalue weighted by molar-refractivity contribution is -0.119. The molecule has 1 rings (SSSR count). The Bertz CT molecular complexity index is 326. The zero-order valence-corrected chi connectivity index (χ0v) is 8.36. The number of carbonyl (C=O) groups is 1. The van der Waals surface area contributed by atoms with E-state index in [1.807, 2.05) is 6.92 Å². The Morgan fingerprint density at radius 2 is 2.43 bits per heavy atom. The highest BCUT2D eigenvalue weighted by atomic mass is 16.5. The van der Waals surface area contributed by atoms with E-state index in [0.29, 0.717) is 17.9 Å². The predicted octanol–water partition coefficient (Wildman–Crippen LogP) is 1.07. The fourth-order valence-corrected chi connectivity index (χ4v) is 1.37. The molecule has 0 saturated heterocycles. The molecule has 1 unspecified atom stereocenters. The highest BCUT2D eigenvalue weighted by Crippen LogP contribution is 2.25. The second-order valence-corrected chi connectivity index (χ2v) is 2.95. The van der Waals surface area contributed by atoms with Crippen molar-refractivity contribution in [2.75, 3.05) is 7.11 Å². The quantitative estimate of drug-likeness (QED) is 0.779. The summed E-state index contributed by atoms with van der Waals surface area (Å²) in [6.07, 6.45) is 2.26. The zero-order valence-electron chi connectivity index (χ0n) is 8.36. The molecule has 4 nitrogen and oxygen atoms in total. The molecule has 0 aliphatic rings. The molecule has 0 spiro atoms. The monoisotopic (exact) mass is 194 g/mol. The number of nitrogens with zero attached hydrogens (tertiary/aromatic N) is 1. The van der Waals surface area contributed by atoms with Gasteiger partial charge in [0.2, 0.25) is 5.91 Å². The number of aromatic nitrogens is 1. The third-order valence-electron chi connectivity index (χ3n) is 2.10. The van der Waals surface area contributed by atoms with E-state index in [2.05, 4.69) is 4.98 Å². The lowest BCUT2D eigenvalue weighted by Crippen LogP contribution is -2.22. The third kappa shape index (κ3) is 2.02. The molecule has 1 aromatic heterocycles. The summed E-state index contributed by atoms with van der Waals surface area (Å²) in [6, 6.07) is 3.53. The number of amides is 1. The highest BCUT2D eigenvalue weighted by molar-refractivity contribution is 5.82. The van der Waals surface area contributed by atoms with E-state index in [0.717, 1.165) is 0 Å². The van der Waals surface area contributed by atoms with Gasteiger partial charge < -0.3 is 10.5 Å². The molecule has 0 saturated carbocycles. The van der Waals surface area contributed by atoms with E-state index in [9.17, 15) is 4.79 Å². The Labute approximate surface area is 83.1 Å². The lowest BCUT2D eigenvalue weighted by atomic mass is 10.0. The molecule has 1 amide bonds. The van der Waals surface area contributed by atoms with Gasteiger partial charge in [-0.05, 0) is 18.6 Å². The number of ether oxygens (including phenoxy) is 1. The van der Waals surface area contributed by atoms with Crippen molar-refractivity contribution in [1.29, 1.82) is 0 Å². The third-order valence-corrected chi connectivity index (χ3v) is 2.10. The Balaban J connectivity index is 3.08. The normalized spacial score (nSPS) is 12.1. The molecule has 0 aliphatic carbocycles. The van der Waals surface area contributed by atoms with Gasteiger partial charge in [-0.15, -0.1) is 0 Å². The van der Waals surface area contributed by atoms with Gasteiger partial charge in [0, 0.05) is 6.20 Å². The maximum Gasteiger partial charge on any atom is 0.226 e. The van der Waals surface area contributed by atoms with Crippen molar-refractivity contribution in [3.63, 3.8) is 0 Å². The van der Waals surface area contributed by atoms with Crippen LogP contribution in [0, 0.1) is 0 Å². The van der Waals surface area contributed by atoms with Crippen molar-refractivity contribution in [1.82, 2.24) is 4.98 Å². The van der Waals surface area contributed by atoms with E-state index in [4.69, 9.17) is 10.5 Å². The number of carbonyl (C=O) groups excluding carboxylic acids is 1. The van der Waals surface area contributed by atoms with Crippen LogP contribution in [0.1, 0.15) is 25.0 Å². The molecule has 4 heteroatoms. The molecular weight excluding hydrogens is 180 g/mol. The van der Waals surface area contributed by atoms with E-state index in [1.54, 1.807) is 25.4 Å². The molecule has 0 bridgehead atoms. The Morgan fingerprint density at radius 3 is 2.93 bits per heavy atom. The molecule has 1 atom stereocenters. The van der Waals surface area contributed by atoms with Crippen LogP contribution in [0.3, 0.4) is 0 Å². The van der Waals surface area contributed by atoms with Crippen molar-refractivity contribution in [2.45, 2.75) is 19.3 Å². The molecule has 0 fully saturated rings. The first-order chi connectivity index (χ1) is 6.70. The number of hydrogen-bond donors (Lipinski definition) is 1. The number of nitrogens with two attached hydrogens (primary N) is 1. The molecule has 0 radical (unpaired) electrons. The minimum Gasteiger partial charge on any atom is -0.495 e. The summed E-state index contributed by atoms with van der Waals surface area (Å²) in [5.74, 6) is -0.131. The Hall–Kier alpha value is -1.58. The average molecular weight is 194 g/mol. The number of primary amides is 1. The summed E-state index contributed by atoms with van der Waals surface area (Å²) in [7, 11) is 1.55. The summed E-state index contributed by atoms with van der Waals surface area (Å²) < 4.78 is 5.11. The average Bonchev–Trinajstić information content (AvgIpc) is 2.19. The van der Waals surface area contributed by atoms with Crippen molar-refractivity contribution in [3.8, 4) is 5.75 Å². The summed E-state index contributed by atoms with van der Waals surface area (Å²) in [5, 5.41) is 0. The lowest BCUT2D eigenvalue weighted by Gasteiger charge is -2.13. The molecule has 0 aromatic carbocycles. The van der Waals surface area contributed by atoms with Crippen LogP contribution >= 0.6 is 0 Å². The second-order valence-electron chi connectivity index (χ2n) is 2.95. The highest BCUT2D eigenvalue weighted by Gasteiger charge is 2.20. The first-order valence-corrected chi connectivity index (χ1v) is 4.49. The fourth-order valence-electron chi connectivity index (χ4n) is 1.37. The van der Waals surface area contributed by atoms with Crippen LogP contribution in [0.5, 0.6) is 5.75 Å². The van der Waals surface area contributed by atoms with Gasteiger partial charge in [-0.2, -0.15) is 0 Å². The van der Waals surface area contributed by atoms with Crippen LogP contribution in [-0.4, -0.2) is 18.0 Å². The summed E-state index contributed by atoms with van der Waals surface area (Å²) in [4.78, 5) is 15.2. The van der Waals surface area contributed by atoms with Gasteiger partial charge in [0.1, 0.15) is 5.75 Å². The number of rotatable bonds is 4. The van der Waals surface area contributed by atoms with Crippen molar-refractivity contribution in [2.24, 2.45) is 5.73 Å². The summed E-state index contributed by atoms with van der Waals surface area (Å²) in [5.41, 5.74) is 5.88. The van der Waals surface area contributed by atoms with Gasteiger partial charge in [-0.1, -0.05) is 6.92 Å². The first-order valence-electron chi connectivity index (χ1n) is 4.49. The molecule has 2 N–H and O–H groups in total. The van der Waals surface area contributed by atoms with E-state index in [-0.39, 0.29) is 11.8 Å². The molecule has 1 aromatic rings. The number of hydrogen-bond acceptors (Lipinski definition) is 3. The van der Waals surface area contributed by atoms with Crippen molar-refractivity contribution >= 4 is 5.91 Å². The number of methoxy groups -OCH3 is 1. The maximum absolute atomic E-state index is 11.1. The minimum atomic E-state index is -0.371. The summed E-state index contributed by atoms with van der Waals surface area (Å²) >= 11 is 0. The smallest absolute Gasteiger partial charge is 0.226 e. The van der Waals surface area contributed by atoms with Crippen LogP contribution in [0.25, 0.3) is 0 Å². The van der Waals surface area contributed by atoms with E-state index in [1.165, 1.54) is 0 Å². The van der Waals surface area contributed by atoms with E-state index >= 15 is 0 Å². The topological polar surface area (TPSA) is 65.2 Å². The largest absolute Gasteiger partial charge is 0.495 e. The van der Waals surface area contributed by atoms with Gasteiger partial charge in [0.05, 0.1) is 18.7 Å². The molecule has 14 heavy (non-hydrogen) atoms. The first kappa shape index (κ1) is 10.5. The van der Waals surface area contributed by atoms with Crippen LogP contribution in [0.15, 0.2) is 18.3 Å². The zero-order chi connectivity index (χ0) is 10.6. The maximum atomic E-state index is 11.1. The second kappa shape index (κ2) is 4.60. The molecule has 76 valence electrons. The molecular formula is C10H14N2O2. The van der Waals surface area contributed by atoms with Crippen molar-refractivity contribution < 1.29 is 9.53 Å². The number of pyridine rings is 1. The van der Waals surface area contributed by atoms with Gasteiger partial charge in [-0.3, -0.25) is 9.78 Å². The Kier molecular flexibility index (Phi) is 3.45. The predicted molar refractivity (Wildman–Crippen MR) is 53.0 cm³/mol. The van der Waals surface area contributed by atoms with Crippen LogP contribution in [0.2, 0.25) is 0 Å². The van der Waals surface area contributed by atoms with E-state index < -0.39 is 0 Å². The SMILES string of the molecule is CCC(C(N)=O)c1ncccc1OC. The van der Waals surface area contributed by atoms with Crippen LogP contribution in [-0.2, 0) is 4.79 Å². The summed E-state index contributed by atoms with van der Waals surface area (Å²) in [6.45, 7) is 1.89. The van der Waals surface area contributed by atoms with Crippen LogP contribution < -0.4 is 10.5 Å². The molecule has 1 heterocycles.